The van der Waals surface area contributed by atoms with Crippen LogP contribution in [0.1, 0.15) is 10.6 Å². The van der Waals surface area contributed by atoms with E-state index in [9.17, 15) is 13.2 Å². The first-order chi connectivity index (χ1) is 13.4. The van der Waals surface area contributed by atoms with Gasteiger partial charge < -0.3 is 14.6 Å². The largest absolute Gasteiger partial charge is 0.468 e. The maximum absolute atomic E-state index is 12.5. The van der Waals surface area contributed by atoms with Crippen LogP contribution in [-0.2, 0) is 27.9 Å². The van der Waals surface area contributed by atoms with Crippen LogP contribution in [-0.4, -0.2) is 27.9 Å². The summed E-state index contributed by atoms with van der Waals surface area (Å²) in [4.78, 5) is 14.6. The lowest BCUT2D eigenvalue weighted by Gasteiger charge is -2.13. The third kappa shape index (κ3) is 5.77. The molecule has 0 saturated heterocycles. The third-order valence-corrected chi connectivity index (χ3v) is 6.24. The van der Waals surface area contributed by atoms with E-state index < -0.39 is 10.0 Å². The van der Waals surface area contributed by atoms with E-state index in [2.05, 4.69) is 10.0 Å². The fraction of sp³-hybridized carbons (Fsp3) is 0.211. The Bertz CT molecular complexity index is 1000. The Hall–Kier alpha value is -2.46. The van der Waals surface area contributed by atoms with Crippen molar-refractivity contribution in [2.75, 3.05) is 18.9 Å². The maximum atomic E-state index is 12.5. The van der Waals surface area contributed by atoms with Crippen LogP contribution in [0.3, 0.4) is 0 Å². The molecule has 0 bridgehead atoms. The lowest BCUT2D eigenvalue weighted by atomic mass is 10.3. The van der Waals surface area contributed by atoms with Gasteiger partial charge in [0, 0.05) is 5.69 Å². The Morgan fingerprint density at radius 2 is 2.04 bits per heavy atom. The molecule has 3 rings (SSSR count). The van der Waals surface area contributed by atoms with Crippen LogP contribution in [0.15, 0.2) is 69.5 Å². The molecule has 1 atom stereocenters. The van der Waals surface area contributed by atoms with Crippen molar-refractivity contribution in [1.29, 1.82) is 0 Å². The van der Waals surface area contributed by atoms with Gasteiger partial charge in [0.2, 0.25) is 10.0 Å². The number of nitrogens with one attached hydrogen (secondary N) is 3. The Morgan fingerprint density at radius 3 is 2.75 bits per heavy atom. The molecule has 2 aromatic heterocycles. The lowest BCUT2D eigenvalue weighted by molar-refractivity contribution is -0.884. The predicted octanol–water partition coefficient (Wildman–Crippen LogP) is 1.47. The molecular formula is C19H22N3O4S2+. The first-order valence-corrected chi connectivity index (χ1v) is 11.0. The summed E-state index contributed by atoms with van der Waals surface area (Å²) in [5, 5.41) is 4.78. The van der Waals surface area contributed by atoms with Gasteiger partial charge in [0.1, 0.15) is 12.3 Å². The number of benzene rings is 1. The molecule has 0 saturated carbocycles. The summed E-state index contributed by atoms with van der Waals surface area (Å²) in [6.45, 7) is 1.10. The minimum absolute atomic E-state index is 0.0583. The number of hydrogen-bond donors (Lipinski definition) is 3. The third-order valence-electron chi connectivity index (χ3n) is 3.96. The number of furan rings is 1. The molecule has 0 aliphatic carbocycles. The summed E-state index contributed by atoms with van der Waals surface area (Å²) in [7, 11) is -1.77. The fourth-order valence-corrected chi connectivity index (χ4v) is 4.51. The topological polar surface area (TPSA) is 92.9 Å². The number of hydrogen-bond acceptors (Lipinski definition) is 5. The first-order valence-electron chi connectivity index (χ1n) is 8.68. The standard InChI is InChI=1S/C19H21N3O4S2/c1-22(13-17-7-4-10-27-17)14-19(23)21-15-5-2-8-18(11-15)28(24,25)20-12-16-6-3-9-26-16/h2-11,20H,12-14H2,1H3,(H,21,23)/p+1. The SMILES string of the molecule is C[NH+](CC(=O)Nc1cccc(S(=O)(=O)NCc2ccco2)c1)Cc1cccs1. The highest BCUT2D eigenvalue weighted by atomic mass is 32.2. The molecule has 0 radical (unpaired) electrons. The van der Waals surface area contributed by atoms with Gasteiger partial charge in [-0.3, -0.25) is 4.79 Å². The van der Waals surface area contributed by atoms with E-state index in [1.54, 1.807) is 35.6 Å². The van der Waals surface area contributed by atoms with Gasteiger partial charge in [-0.05, 0) is 41.8 Å². The van der Waals surface area contributed by atoms with Gasteiger partial charge in [-0.25, -0.2) is 13.1 Å². The first kappa shape index (κ1) is 20.3. The Balaban J connectivity index is 1.58. The molecule has 0 fully saturated rings. The van der Waals surface area contributed by atoms with E-state index in [1.165, 1.54) is 23.3 Å². The average molecular weight is 421 g/mol. The molecule has 3 aromatic rings. The number of thiophene rings is 1. The van der Waals surface area contributed by atoms with Crippen LogP contribution in [0.4, 0.5) is 5.69 Å². The van der Waals surface area contributed by atoms with Crippen molar-refractivity contribution in [3.63, 3.8) is 0 Å². The summed E-state index contributed by atoms with van der Waals surface area (Å²) in [6, 6.07) is 13.6. The van der Waals surface area contributed by atoms with E-state index in [4.69, 9.17) is 4.42 Å². The fourth-order valence-electron chi connectivity index (χ4n) is 2.66. The molecule has 1 aromatic carbocycles. The monoisotopic (exact) mass is 420 g/mol. The zero-order valence-corrected chi connectivity index (χ0v) is 17.0. The molecule has 1 unspecified atom stereocenters. The van der Waals surface area contributed by atoms with Crippen LogP contribution in [0.25, 0.3) is 0 Å². The number of carbonyl (C=O) groups excluding carboxylic acids is 1. The van der Waals surface area contributed by atoms with Gasteiger partial charge >= 0.3 is 0 Å². The highest BCUT2D eigenvalue weighted by Crippen LogP contribution is 2.16. The Kier molecular flexibility index (Phi) is 6.63. The second-order valence-corrected chi connectivity index (χ2v) is 9.17. The number of anilines is 1. The number of amides is 1. The van der Waals surface area contributed by atoms with E-state index >= 15 is 0 Å². The summed E-state index contributed by atoms with van der Waals surface area (Å²) in [6.07, 6.45) is 1.48. The number of carbonyl (C=O) groups is 1. The molecule has 2 heterocycles. The Morgan fingerprint density at radius 1 is 1.18 bits per heavy atom. The van der Waals surface area contributed by atoms with Crippen molar-refractivity contribution in [3.8, 4) is 0 Å². The van der Waals surface area contributed by atoms with Gasteiger partial charge in [0.05, 0.1) is 29.6 Å². The number of rotatable bonds is 9. The molecule has 148 valence electrons. The molecule has 0 aliphatic rings. The number of quaternary nitrogens is 1. The van der Waals surface area contributed by atoms with Crippen molar-refractivity contribution < 1.29 is 22.5 Å². The van der Waals surface area contributed by atoms with Crippen LogP contribution in [0.5, 0.6) is 0 Å². The van der Waals surface area contributed by atoms with Gasteiger partial charge in [0.25, 0.3) is 5.91 Å². The minimum atomic E-state index is -3.72. The Labute approximate surface area is 168 Å². The summed E-state index contributed by atoms with van der Waals surface area (Å²) >= 11 is 1.66. The van der Waals surface area contributed by atoms with Crippen molar-refractivity contribution >= 4 is 33.0 Å². The van der Waals surface area contributed by atoms with Crippen molar-refractivity contribution in [2.45, 2.75) is 18.0 Å². The van der Waals surface area contributed by atoms with Gasteiger partial charge in [-0.2, -0.15) is 0 Å². The van der Waals surface area contributed by atoms with Gasteiger partial charge in [-0.15, -0.1) is 11.3 Å². The average Bonchev–Trinajstić information content (AvgIpc) is 3.34. The summed E-state index contributed by atoms with van der Waals surface area (Å²) < 4.78 is 32.5. The summed E-state index contributed by atoms with van der Waals surface area (Å²) in [5.41, 5.74) is 0.440. The quantitative estimate of drug-likeness (QED) is 0.489. The normalized spacial score (nSPS) is 12.6. The van der Waals surface area contributed by atoms with E-state index in [0.717, 1.165) is 11.4 Å². The number of likely N-dealkylation sites (N-methyl/N-ethyl adjacent to an activating group) is 1. The zero-order valence-electron chi connectivity index (χ0n) is 15.3. The van der Waals surface area contributed by atoms with Crippen molar-refractivity contribution in [1.82, 2.24) is 4.72 Å². The highest BCUT2D eigenvalue weighted by molar-refractivity contribution is 7.89. The molecule has 0 spiro atoms. The molecule has 28 heavy (non-hydrogen) atoms. The maximum Gasteiger partial charge on any atom is 0.279 e. The van der Waals surface area contributed by atoms with Crippen LogP contribution >= 0.6 is 11.3 Å². The highest BCUT2D eigenvalue weighted by Gasteiger charge is 2.16. The molecule has 3 N–H and O–H groups in total. The van der Waals surface area contributed by atoms with Crippen LogP contribution in [0, 0.1) is 0 Å². The van der Waals surface area contributed by atoms with Gasteiger partial charge in [-0.1, -0.05) is 12.1 Å². The van der Waals surface area contributed by atoms with Crippen LogP contribution < -0.4 is 14.9 Å². The predicted molar refractivity (Wildman–Crippen MR) is 108 cm³/mol. The smallest absolute Gasteiger partial charge is 0.279 e. The molecular weight excluding hydrogens is 398 g/mol. The second-order valence-electron chi connectivity index (χ2n) is 6.37. The second kappa shape index (κ2) is 9.16. The lowest BCUT2D eigenvalue weighted by Crippen LogP contribution is -3.08. The number of sulfonamides is 1. The van der Waals surface area contributed by atoms with Crippen molar-refractivity contribution in [2.24, 2.45) is 0 Å². The van der Waals surface area contributed by atoms with E-state index in [0.29, 0.717) is 11.4 Å². The molecule has 1 amide bonds. The van der Waals surface area contributed by atoms with E-state index in [1.807, 2.05) is 24.6 Å². The molecule has 0 aliphatic heterocycles. The summed E-state index contributed by atoms with van der Waals surface area (Å²) in [5.74, 6) is 0.344. The van der Waals surface area contributed by atoms with Crippen LogP contribution in [0.2, 0.25) is 0 Å². The molecule has 7 nitrogen and oxygen atoms in total. The van der Waals surface area contributed by atoms with Gasteiger partial charge in [0.15, 0.2) is 6.54 Å². The van der Waals surface area contributed by atoms with Crippen molar-refractivity contribution in [3.05, 3.63) is 70.8 Å². The minimum Gasteiger partial charge on any atom is -0.468 e. The molecule has 9 heteroatoms. The zero-order chi connectivity index (χ0) is 20.0. The van der Waals surface area contributed by atoms with E-state index in [-0.39, 0.29) is 23.9 Å².